The molecule has 0 radical (unpaired) electrons. The topological polar surface area (TPSA) is 84.4 Å². The van der Waals surface area contributed by atoms with Gasteiger partial charge in [0.15, 0.2) is 5.96 Å². The van der Waals surface area contributed by atoms with E-state index in [2.05, 4.69) is 29.4 Å². The van der Waals surface area contributed by atoms with Crippen LogP contribution in [-0.4, -0.2) is 76.5 Å². The van der Waals surface area contributed by atoms with E-state index in [1.807, 2.05) is 13.0 Å². The predicted octanol–water partition coefficient (Wildman–Crippen LogP) is 1.89. The zero-order chi connectivity index (χ0) is 21.9. The van der Waals surface area contributed by atoms with E-state index in [9.17, 15) is 4.79 Å². The van der Waals surface area contributed by atoms with Gasteiger partial charge in [0.2, 0.25) is 0 Å². The van der Waals surface area contributed by atoms with E-state index in [0.29, 0.717) is 29.8 Å². The smallest absolute Gasteiger partial charge is 0.341 e. The van der Waals surface area contributed by atoms with Crippen LogP contribution in [-0.2, 0) is 16.0 Å². The van der Waals surface area contributed by atoms with Gasteiger partial charge in [-0.05, 0) is 30.5 Å². The summed E-state index contributed by atoms with van der Waals surface area (Å²) >= 11 is 0. The molecule has 1 aromatic carbocycles. The molecule has 1 aromatic rings. The summed E-state index contributed by atoms with van der Waals surface area (Å²) in [5.41, 5.74) is 1.31. The van der Waals surface area contributed by atoms with Crippen LogP contribution in [0.3, 0.4) is 0 Å². The van der Waals surface area contributed by atoms with Crippen LogP contribution in [0.15, 0.2) is 23.2 Å². The Labute approximate surface area is 180 Å². The van der Waals surface area contributed by atoms with E-state index in [0.717, 1.165) is 50.9 Å². The van der Waals surface area contributed by atoms with Crippen molar-refractivity contribution >= 4 is 11.9 Å². The summed E-state index contributed by atoms with van der Waals surface area (Å²) in [6.07, 6.45) is 0. The quantitative estimate of drug-likeness (QED) is 0.359. The Hall–Kier alpha value is -2.32. The first-order chi connectivity index (χ1) is 14.5. The molecule has 0 aromatic heterocycles. The molecule has 30 heavy (non-hydrogen) atoms. The van der Waals surface area contributed by atoms with Gasteiger partial charge >= 0.3 is 5.97 Å². The monoisotopic (exact) mass is 420 g/mol. The maximum atomic E-state index is 12.0. The number of nitrogens with one attached hydrogen (secondary N) is 2. The predicted molar refractivity (Wildman–Crippen MR) is 118 cm³/mol. The summed E-state index contributed by atoms with van der Waals surface area (Å²) in [7, 11) is 2.89. The number of hydrogen-bond acceptors (Lipinski definition) is 6. The van der Waals surface area contributed by atoms with Crippen LogP contribution in [0.5, 0.6) is 5.75 Å². The molecule has 1 heterocycles. The van der Waals surface area contributed by atoms with Crippen molar-refractivity contribution in [3.63, 3.8) is 0 Å². The number of methoxy groups -OCH3 is 2. The summed E-state index contributed by atoms with van der Waals surface area (Å²) in [6, 6.07) is 5.85. The molecule has 1 atom stereocenters. The number of guanidine groups is 1. The standard InChI is InChI=1S/C22H36N4O4/c1-6-23-22(25-15-19(16(2)3)26-9-11-30-12-10-26)24-14-17-7-8-20(28-4)18(13-17)21(27)29-5/h7-8,13,16,19H,6,9-12,14-15H2,1-5H3,(H2,23,24,25). The van der Waals surface area contributed by atoms with Crippen LogP contribution in [0, 0.1) is 5.92 Å². The number of morpholine rings is 1. The van der Waals surface area contributed by atoms with Gasteiger partial charge in [0.25, 0.3) is 0 Å². The Kier molecular flexibility index (Phi) is 9.89. The van der Waals surface area contributed by atoms with Gasteiger partial charge in [0.05, 0.1) is 34.0 Å². The highest BCUT2D eigenvalue weighted by molar-refractivity contribution is 5.92. The fraction of sp³-hybridized carbons (Fsp3) is 0.636. The number of hydrogen-bond donors (Lipinski definition) is 2. The van der Waals surface area contributed by atoms with Gasteiger partial charge in [-0.2, -0.15) is 0 Å². The molecule has 2 rings (SSSR count). The van der Waals surface area contributed by atoms with Gasteiger partial charge in [0, 0.05) is 32.2 Å². The number of esters is 1. The van der Waals surface area contributed by atoms with Crippen molar-refractivity contribution in [2.75, 3.05) is 53.6 Å². The van der Waals surface area contributed by atoms with Gasteiger partial charge in [-0.15, -0.1) is 0 Å². The third-order valence-electron chi connectivity index (χ3n) is 5.20. The van der Waals surface area contributed by atoms with Crippen molar-refractivity contribution in [3.8, 4) is 5.75 Å². The zero-order valence-electron chi connectivity index (χ0n) is 18.9. The van der Waals surface area contributed by atoms with Crippen molar-refractivity contribution in [3.05, 3.63) is 29.3 Å². The van der Waals surface area contributed by atoms with E-state index in [4.69, 9.17) is 19.2 Å². The Morgan fingerprint density at radius 3 is 2.57 bits per heavy atom. The Bertz CT molecular complexity index is 702. The molecule has 1 aliphatic rings. The molecule has 1 unspecified atom stereocenters. The van der Waals surface area contributed by atoms with Gasteiger partial charge in [0.1, 0.15) is 11.3 Å². The first-order valence-electron chi connectivity index (χ1n) is 10.6. The number of nitrogens with zero attached hydrogens (tertiary/aromatic N) is 2. The number of ether oxygens (including phenoxy) is 3. The van der Waals surface area contributed by atoms with Crippen molar-refractivity contribution in [1.82, 2.24) is 15.5 Å². The zero-order valence-corrected chi connectivity index (χ0v) is 18.9. The molecule has 0 spiro atoms. The van der Waals surface area contributed by atoms with Gasteiger partial charge in [-0.25, -0.2) is 9.79 Å². The second kappa shape index (κ2) is 12.4. The lowest BCUT2D eigenvalue weighted by Gasteiger charge is -2.37. The summed E-state index contributed by atoms with van der Waals surface area (Å²) < 4.78 is 15.6. The molecular weight excluding hydrogens is 384 g/mol. The lowest BCUT2D eigenvalue weighted by Crippen LogP contribution is -2.52. The largest absolute Gasteiger partial charge is 0.496 e. The van der Waals surface area contributed by atoms with Crippen molar-refractivity contribution in [2.45, 2.75) is 33.4 Å². The van der Waals surface area contributed by atoms with Crippen molar-refractivity contribution in [2.24, 2.45) is 10.9 Å². The summed E-state index contributed by atoms with van der Waals surface area (Å²) in [6.45, 7) is 12.0. The molecule has 0 saturated carbocycles. The third kappa shape index (κ3) is 6.88. The highest BCUT2D eigenvalue weighted by Gasteiger charge is 2.24. The number of carbonyl (C=O) groups is 1. The van der Waals surface area contributed by atoms with Crippen LogP contribution >= 0.6 is 0 Å². The molecule has 1 aliphatic heterocycles. The van der Waals surface area contributed by atoms with Crippen LogP contribution < -0.4 is 15.4 Å². The first-order valence-corrected chi connectivity index (χ1v) is 10.6. The van der Waals surface area contributed by atoms with E-state index in [1.54, 1.807) is 12.1 Å². The second-order valence-corrected chi connectivity index (χ2v) is 7.56. The summed E-state index contributed by atoms with van der Waals surface area (Å²) in [5.74, 6) is 1.34. The molecule has 8 heteroatoms. The minimum Gasteiger partial charge on any atom is -0.496 e. The van der Waals surface area contributed by atoms with E-state index < -0.39 is 5.97 Å². The fourth-order valence-electron chi connectivity index (χ4n) is 3.53. The van der Waals surface area contributed by atoms with Gasteiger partial charge in [-0.3, -0.25) is 4.90 Å². The molecular formula is C22H36N4O4. The maximum absolute atomic E-state index is 12.0. The van der Waals surface area contributed by atoms with Crippen LogP contribution in [0.2, 0.25) is 0 Å². The van der Waals surface area contributed by atoms with E-state index in [-0.39, 0.29) is 0 Å². The van der Waals surface area contributed by atoms with Crippen LogP contribution in [0.25, 0.3) is 0 Å². The molecule has 0 amide bonds. The SMILES string of the molecule is CCNC(=NCc1ccc(OC)c(C(=O)OC)c1)NCC(C(C)C)N1CCOCC1. The second-order valence-electron chi connectivity index (χ2n) is 7.56. The number of rotatable bonds is 9. The number of aliphatic imine (C=N–C) groups is 1. The Balaban J connectivity index is 2.07. The number of benzene rings is 1. The van der Waals surface area contributed by atoms with Crippen LogP contribution in [0.1, 0.15) is 36.7 Å². The fourth-order valence-corrected chi connectivity index (χ4v) is 3.53. The molecule has 8 nitrogen and oxygen atoms in total. The summed E-state index contributed by atoms with van der Waals surface area (Å²) in [4.78, 5) is 19.2. The average Bonchev–Trinajstić information content (AvgIpc) is 2.77. The van der Waals surface area contributed by atoms with Gasteiger partial charge < -0.3 is 24.8 Å². The molecule has 168 valence electrons. The molecule has 1 fully saturated rings. The number of carbonyl (C=O) groups excluding carboxylic acids is 1. The van der Waals surface area contributed by atoms with Crippen molar-refractivity contribution < 1.29 is 19.0 Å². The minimum atomic E-state index is -0.423. The van der Waals surface area contributed by atoms with Crippen LogP contribution in [0.4, 0.5) is 0 Å². The lowest BCUT2D eigenvalue weighted by atomic mass is 10.0. The first kappa shape index (κ1) is 24.0. The molecule has 2 N–H and O–H groups in total. The highest BCUT2D eigenvalue weighted by Crippen LogP contribution is 2.21. The summed E-state index contributed by atoms with van der Waals surface area (Å²) in [5, 5.41) is 6.78. The highest BCUT2D eigenvalue weighted by atomic mass is 16.5. The van der Waals surface area contributed by atoms with Crippen molar-refractivity contribution in [1.29, 1.82) is 0 Å². The molecule has 0 aliphatic carbocycles. The van der Waals surface area contributed by atoms with E-state index >= 15 is 0 Å². The molecule has 1 saturated heterocycles. The van der Waals surface area contributed by atoms with E-state index in [1.165, 1.54) is 14.2 Å². The lowest BCUT2D eigenvalue weighted by molar-refractivity contribution is 0.00752. The molecule has 0 bridgehead atoms. The average molecular weight is 421 g/mol. The normalized spacial score (nSPS) is 16.3. The maximum Gasteiger partial charge on any atom is 0.341 e. The van der Waals surface area contributed by atoms with Gasteiger partial charge in [-0.1, -0.05) is 19.9 Å². The minimum absolute atomic E-state index is 0.401. The third-order valence-corrected chi connectivity index (χ3v) is 5.20. The Morgan fingerprint density at radius 1 is 1.23 bits per heavy atom. The Morgan fingerprint density at radius 2 is 1.97 bits per heavy atom.